The molecule has 0 aliphatic carbocycles. The number of amides is 10. The maximum atomic E-state index is 14.6. The van der Waals surface area contributed by atoms with Crippen molar-refractivity contribution < 1.29 is 72.1 Å². The number of halogens is 2. The largest absolute Gasteiger partial charge is 0.507 e. The van der Waals surface area contributed by atoms with Crippen LogP contribution in [0.25, 0.3) is 21.7 Å². The molecule has 110 heavy (non-hydrogen) atoms. The Morgan fingerprint density at radius 3 is 2.23 bits per heavy atom. The lowest BCUT2D eigenvalue weighted by Crippen LogP contribution is -2.66. The van der Waals surface area contributed by atoms with E-state index in [-0.39, 0.29) is 122 Å². The molecule has 10 amide bonds. The third-order valence-electron chi connectivity index (χ3n) is 20.6. The van der Waals surface area contributed by atoms with Gasteiger partial charge in [0.15, 0.2) is 11.6 Å². The predicted octanol–water partition coefficient (Wildman–Crippen LogP) is 7.22. The zero-order valence-corrected chi connectivity index (χ0v) is 66.3. The van der Waals surface area contributed by atoms with Crippen LogP contribution in [0.3, 0.4) is 0 Å². The van der Waals surface area contributed by atoms with Crippen molar-refractivity contribution in [2.45, 2.75) is 148 Å². The number of nitrogens with two attached hydrogens (primary N) is 1. The van der Waals surface area contributed by atoms with Crippen LogP contribution >= 0.6 is 43.2 Å². The molecule has 0 bridgehead atoms. The summed E-state index contributed by atoms with van der Waals surface area (Å²) in [4.78, 5) is 137. The first-order valence-electron chi connectivity index (χ1n) is 37.0. The number of likely N-dealkylation sites (tertiary alicyclic amines) is 2. The van der Waals surface area contributed by atoms with Crippen molar-refractivity contribution in [1.82, 2.24) is 61.2 Å². The second-order valence-electron chi connectivity index (χ2n) is 28.8. The van der Waals surface area contributed by atoms with Crippen LogP contribution in [0.2, 0.25) is 0 Å². The summed E-state index contributed by atoms with van der Waals surface area (Å²) in [6.45, 7) is 17.4. The predicted molar refractivity (Wildman–Crippen MR) is 416 cm³/mol. The van der Waals surface area contributed by atoms with E-state index in [0.29, 0.717) is 66.0 Å². The van der Waals surface area contributed by atoms with Gasteiger partial charge < -0.3 is 71.1 Å². The van der Waals surface area contributed by atoms with Crippen molar-refractivity contribution >= 4 is 114 Å². The summed E-state index contributed by atoms with van der Waals surface area (Å²) in [7, 11) is 0. The highest BCUT2D eigenvalue weighted by molar-refractivity contribution is 9.14. The minimum Gasteiger partial charge on any atom is -0.507 e. The zero-order chi connectivity index (χ0) is 78.6. The number of β-amino-alcohol motifs (C(OH)–C–C–N with tert-alkyl or cyclic N) is 1. The van der Waals surface area contributed by atoms with E-state index in [9.17, 15) is 53.4 Å². The topological polar surface area (TPSA) is 392 Å². The quantitative estimate of drug-likeness (QED) is 0.0157. The molecule has 5 aliphatic heterocycles. The second-order valence-corrected chi connectivity index (χ2v) is 31.3. The molecule has 34 heteroatoms. The number of hydrogen-bond acceptors (Lipinski definition) is 23. The van der Waals surface area contributed by atoms with E-state index in [4.69, 9.17) is 24.5 Å². The number of primary amides is 1. The molecule has 3 fully saturated rings. The first kappa shape index (κ1) is 81.5. The number of urea groups is 1. The fourth-order valence-electron chi connectivity index (χ4n) is 14.6. The SMILES string of the molecule is Cc1ncsc1-c1ccc([C@H](C)NC(=O)[C@@H]2C[C@@H](O)CN2C(=O)[C@@H](c2cc(OCCN3CCC(N4CCN5c6cc(-c7ccccc7O)nnc6N(C(=O)OCc6ccc(NC(=O)[C@H](CCCNC(N)=O)NC(=O)[C@@H](NC(=O)CCOCCN7C(=O)C(Br)=C(Br)C7=O)C(C)C)cc6)[C@@H](C)[C@@H]5C4)CC3)no2)C(C)C)cc1. The number of rotatable bonds is 31. The van der Waals surface area contributed by atoms with Crippen LogP contribution in [0, 0.1) is 18.8 Å². The molecule has 0 radical (unpaired) electrons. The number of imide groups is 1. The number of benzene rings is 3. The standard InChI is InChI=1S/C76H94Br2N16O15S/c1-42(2)63(72(101)93-38-52(95)35-57(93)70(99)82-44(5)48-16-18-49(19-17-48)67-45(6)81-41-110-67)60-37-62(88-109-60)107-34-30-89-26-22-51(23-27-89)90-28-29-91-56-36-55(53-11-8-9-13-59(53)96)86-87-68(56)94(46(7)58(91)39-90)76(105)108-40-47-14-20-50(21-15-47)83-69(98)54(12-10-25-80-75(79)104)84-71(100)66(43(3)4)85-61(97)24-32-106-33-31-92-73(102)64(77)65(78)74(92)103/h8-9,11,13-21,36-37,41-44,46,51-52,54,57-58,63,66,95-96H,10,12,22-35,38-40H2,1-7H3,(H,82,99)(H,83,98)(H,84,100)(H,85,97)(H3,79,80,104)/t44-,46-,52+,54-,57-,58-,63+,66-/m0/s1. The number of carbonyl (C=O) groups excluding carboxylic acids is 9. The number of aromatic nitrogens is 4. The number of piperazine rings is 1. The fraction of sp³-hybridized carbons (Fsp3) is 0.487. The number of phenolic OH excluding ortho intramolecular Hbond substituents is 1. The molecule has 588 valence electrons. The number of aromatic hydroxyl groups is 1. The molecule has 0 unspecified atom stereocenters. The van der Waals surface area contributed by atoms with Crippen molar-refractivity contribution in [2.75, 3.05) is 93.8 Å². The second kappa shape index (κ2) is 37.0. The van der Waals surface area contributed by atoms with E-state index >= 15 is 0 Å². The van der Waals surface area contributed by atoms with Gasteiger partial charge in [0.05, 0.1) is 71.5 Å². The number of aliphatic hydroxyl groups is 1. The molecule has 8 atom stereocenters. The Labute approximate surface area is 658 Å². The van der Waals surface area contributed by atoms with Crippen molar-refractivity contribution in [1.29, 1.82) is 0 Å². The molecule has 31 nitrogen and oxygen atoms in total. The summed E-state index contributed by atoms with van der Waals surface area (Å²) >= 11 is 7.73. The van der Waals surface area contributed by atoms with Crippen LogP contribution < -0.4 is 46.9 Å². The highest BCUT2D eigenvalue weighted by atomic mass is 79.9. The van der Waals surface area contributed by atoms with Gasteiger partial charge in [0.25, 0.3) is 17.7 Å². The first-order valence-corrected chi connectivity index (χ1v) is 39.5. The summed E-state index contributed by atoms with van der Waals surface area (Å²) in [5, 5.41) is 49.0. The highest BCUT2D eigenvalue weighted by Gasteiger charge is 2.47. The Morgan fingerprint density at radius 2 is 1.55 bits per heavy atom. The summed E-state index contributed by atoms with van der Waals surface area (Å²) in [6, 6.07) is 20.3. The van der Waals surface area contributed by atoms with Gasteiger partial charge in [-0.2, -0.15) is 0 Å². The molecular formula is C76H94Br2N16O15S. The third-order valence-corrected chi connectivity index (χ3v) is 23.6. The maximum Gasteiger partial charge on any atom is 0.416 e. The van der Waals surface area contributed by atoms with Gasteiger partial charge in [-0.05, 0) is 155 Å². The Balaban J connectivity index is 0.667. The van der Waals surface area contributed by atoms with Gasteiger partial charge in [-0.1, -0.05) is 76.2 Å². The Hall–Kier alpha value is -9.45. The van der Waals surface area contributed by atoms with Crippen LogP contribution in [0.15, 0.2) is 104 Å². The number of anilines is 3. The minimum absolute atomic E-state index is 0.00314. The number of nitrogens with zero attached hydrogens (tertiary/aromatic N) is 10. The summed E-state index contributed by atoms with van der Waals surface area (Å²) in [5.41, 5.74) is 12.5. The normalized spacial score (nSPS) is 19.4. The van der Waals surface area contributed by atoms with Crippen LogP contribution in [-0.2, 0) is 49.6 Å². The molecule has 3 aromatic heterocycles. The van der Waals surface area contributed by atoms with Crippen LogP contribution in [0.4, 0.5) is 26.8 Å². The molecule has 8 heterocycles. The van der Waals surface area contributed by atoms with Gasteiger partial charge in [0, 0.05) is 75.5 Å². The Morgan fingerprint density at radius 1 is 0.818 bits per heavy atom. The van der Waals surface area contributed by atoms with E-state index in [1.165, 1.54) is 4.90 Å². The van der Waals surface area contributed by atoms with E-state index in [1.54, 1.807) is 84.7 Å². The average molecular weight is 1660 g/mol. The van der Waals surface area contributed by atoms with E-state index in [2.05, 4.69) is 93.5 Å². The zero-order valence-electron chi connectivity index (χ0n) is 62.4. The summed E-state index contributed by atoms with van der Waals surface area (Å²) in [6.07, 6.45) is 0.501. The van der Waals surface area contributed by atoms with Crippen molar-refractivity contribution in [2.24, 2.45) is 17.6 Å². The fourth-order valence-corrected chi connectivity index (χ4v) is 16.1. The lowest BCUT2D eigenvalue weighted by atomic mass is 9.91. The van der Waals surface area contributed by atoms with Gasteiger partial charge in [0.1, 0.15) is 52.0 Å². The smallest absolute Gasteiger partial charge is 0.416 e. The van der Waals surface area contributed by atoms with Crippen LogP contribution in [-0.4, -0.2) is 225 Å². The van der Waals surface area contributed by atoms with Gasteiger partial charge in [-0.3, -0.25) is 53.2 Å². The van der Waals surface area contributed by atoms with Crippen LogP contribution in [0.5, 0.6) is 11.6 Å². The van der Waals surface area contributed by atoms with Gasteiger partial charge >= 0.3 is 12.1 Å². The van der Waals surface area contributed by atoms with Gasteiger partial charge in [0.2, 0.25) is 29.5 Å². The van der Waals surface area contributed by atoms with Gasteiger partial charge in [-0.15, -0.1) is 21.5 Å². The number of thiazole rings is 1. The number of hydrogen-bond donors (Lipinski definition) is 8. The number of phenols is 1. The first-order chi connectivity index (χ1) is 52.7. The number of ether oxygens (including phenoxy) is 3. The molecule has 3 saturated heterocycles. The molecule has 9 N–H and O–H groups in total. The number of aryl methyl sites for hydroxylation is 1. The number of fused-ring (bicyclic) bond motifs is 3. The Kier molecular flexibility index (Phi) is 27.5. The minimum atomic E-state index is -1.13. The molecular weight excluding hydrogens is 1570 g/mol. The average Bonchev–Trinajstić information content (AvgIpc) is 1.05. The monoisotopic (exact) mass is 1660 g/mol. The van der Waals surface area contributed by atoms with Crippen molar-refractivity contribution in [3.05, 3.63) is 122 Å². The summed E-state index contributed by atoms with van der Waals surface area (Å²) < 4.78 is 23.8. The Bertz CT molecular complexity index is 4320. The molecule has 0 saturated carbocycles. The highest BCUT2D eigenvalue weighted by Crippen LogP contribution is 2.43. The molecule has 11 rings (SSSR count). The van der Waals surface area contributed by atoms with E-state index in [1.807, 2.05) is 70.5 Å². The maximum absolute atomic E-state index is 14.6. The summed E-state index contributed by atoms with van der Waals surface area (Å²) in [5.74, 6) is -4.03. The van der Waals surface area contributed by atoms with Crippen molar-refractivity contribution in [3.63, 3.8) is 0 Å². The number of aliphatic hydroxyl groups excluding tert-OH is 1. The third kappa shape index (κ3) is 19.6. The lowest BCUT2D eigenvalue weighted by molar-refractivity contribution is -0.141. The van der Waals surface area contributed by atoms with Gasteiger partial charge in [-0.25, -0.2) is 14.6 Å². The molecule has 0 spiro atoms. The number of nitrogens with one attached hydrogen (secondary N) is 5. The lowest BCUT2D eigenvalue weighted by Gasteiger charge is -2.53. The number of para-hydroxylation sites is 1. The number of piperidine rings is 1. The molecule has 3 aromatic carbocycles. The van der Waals surface area contributed by atoms with E-state index in [0.717, 1.165) is 59.1 Å². The van der Waals surface area contributed by atoms with Crippen LogP contribution in [0.1, 0.15) is 115 Å². The van der Waals surface area contributed by atoms with Crippen molar-refractivity contribution in [3.8, 4) is 33.3 Å². The number of carbonyl (C=O) groups is 9. The molecule has 6 aromatic rings. The van der Waals surface area contributed by atoms with E-state index < -0.39 is 83.8 Å². The molecule has 5 aliphatic rings.